The van der Waals surface area contributed by atoms with Crippen LogP contribution in [-0.2, 0) is 0 Å². The highest BCUT2D eigenvalue weighted by Gasteiger charge is 2.31. The van der Waals surface area contributed by atoms with E-state index in [9.17, 15) is 5.11 Å². The molecule has 0 saturated heterocycles. The normalized spacial score (nSPS) is 22.4. The van der Waals surface area contributed by atoms with E-state index in [1.54, 1.807) is 0 Å². The van der Waals surface area contributed by atoms with E-state index in [4.69, 9.17) is 0 Å². The molecule has 4 nitrogen and oxygen atoms in total. The number of hydrogen-bond donors (Lipinski definition) is 3. The summed E-state index contributed by atoms with van der Waals surface area (Å²) in [7, 11) is 0. The summed E-state index contributed by atoms with van der Waals surface area (Å²) in [5.74, 6) is 0.958. The van der Waals surface area contributed by atoms with Crippen molar-refractivity contribution in [1.82, 2.24) is 10.6 Å². The van der Waals surface area contributed by atoms with Gasteiger partial charge in [-0.15, -0.1) is 24.0 Å². The number of nitrogens with zero attached hydrogens (tertiary/aromatic N) is 1. The molecule has 0 spiro atoms. The quantitative estimate of drug-likeness (QED) is 0.665. The third kappa shape index (κ3) is 4.57. The third-order valence-electron chi connectivity index (χ3n) is 4.08. The van der Waals surface area contributed by atoms with Gasteiger partial charge in [-0.2, -0.15) is 0 Å². The van der Waals surface area contributed by atoms with Gasteiger partial charge in [-0.1, -0.05) is 19.3 Å². The first-order valence-electron chi connectivity index (χ1n) is 6.98. The first-order valence-corrected chi connectivity index (χ1v) is 6.98. The second-order valence-electron chi connectivity index (χ2n) is 5.40. The SMILES string of the molecule is I.OCCC1(CNC2=NCCCN2)CCCCC1. The number of aliphatic hydroxyl groups excluding tert-OH is 1. The Morgan fingerprint density at radius 2 is 2.00 bits per heavy atom. The molecule has 0 aromatic rings. The number of guanidine groups is 1. The van der Waals surface area contributed by atoms with Crippen LogP contribution in [0.4, 0.5) is 0 Å². The lowest BCUT2D eigenvalue weighted by atomic mass is 9.72. The predicted octanol–water partition coefficient (Wildman–Crippen LogP) is 1.88. The zero-order valence-corrected chi connectivity index (χ0v) is 13.4. The van der Waals surface area contributed by atoms with Crippen molar-refractivity contribution >= 4 is 29.9 Å². The summed E-state index contributed by atoms with van der Waals surface area (Å²) in [4.78, 5) is 4.44. The fraction of sp³-hybridized carbons (Fsp3) is 0.923. The lowest BCUT2D eigenvalue weighted by Crippen LogP contribution is -2.46. The van der Waals surface area contributed by atoms with E-state index in [-0.39, 0.29) is 24.0 Å². The highest BCUT2D eigenvalue weighted by Crippen LogP contribution is 2.38. The van der Waals surface area contributed by atoms with Gasteiger partial charge in [0.2, 0.25) is 0 Å². The molecule has 0 amide bonds. The fourth-order valence-corrected chi connectivity index (χ4v) is 2.98. The van der Waals surface area contributed by atoms with Crippen molar-refractivity contribution in [3.05, 3.63) is 0 Å². The van der Waals surface area contributed by atoms with Gasteiger partial charge in [0.05, 0.1) is 0 Å². The van der Waals surface area contributed by atoms with E-state index in [0.29, 0.717) is 12.0 Å². The molecule has 5 heteroatoms. The minimum Gasteiger partial charge on any atom is -0.396 e. The largest absolute Gasteiger partial charge is 0.396 e. The van der Waals surface area contributed by atoms with Gasteiger partial charge >= 0.3 is 0 Å². The lowest BCUT2D eigenvalue weighted by molar-refractivity contribution is 0.131. The minimum absolute atomic E-state index is 0. The summed E-state index contributed by atoms with van der Waals surface area (Å²) in [6.07, 6.45) is 8.51. The maximum absolute atomic E-state index is 9.25. The van der Waals surface area contributed by atoms with Crippen LogP contribution in [0.15, 0.2) is 4.99 Å². The van der Waals surface area contributed by atoms with E-state index in [1.807, 2.05) is 0 Å². The average Bonchev–Trinajstić information content (AvgIpc) is 2.39. The molecule has 1 aliphatic heterocycles. The Balaban J connectivity index is 0.00000162. The smallest absolute Gasteiger partial charge is 0.191 e. The summed E-state index contributed by atoms with van der Waals surface area (Å²) in [5.41, 5.74) is 0.300. The van der Waals surface area contributed by atoms with E-state index in [0.717, 1.165) is 38.4 Å². The molecule has 3 N–H and O–H groups in total. The van der Waals surface area contributed by atoms with E-state index in [1.165, 1.54) is 32.1 Å². The second kappa shape index (κ2) is 8.19. The van der Waals surface area contributed by atoms with Crippen molar-refractivity contribution in [3.63, 3.8) is 0 Å². The molecule has 0 aromatic heterocycles. The Morgan fingerprint density at radius 1 is 1.22 bits per heavy atom. The van der Waals surface area contributed by atoms with Crippen LogP contribution in [0.1, 0.15) is 44.9 Å². The Kier molecular flexibility index (Phi) is 7.29. The van der Waals surface area contributed by atoms with Gasteiger partial charge in [-0.25, -0.2) is 0 Å². The van der Waals surface area contributed by atoms with Crippen LogP contribution in [0.25, 0.3) is 0 Å². The van der Waals surface area contributed by atoms with E-state index in [2.05, 4.69) is 15.6 Å². The molecule has 0 atom stereocenters. The number of aliphatic hydroxyl groups is 1. The zero-order chi connectivity index (χ0) is 12.0. The van der Waals surface area contributed by atoms with Crippen molar-refractivity contribution in [3.8, 4) is 0 Å². The second-order valence-corrected chi connectivity index (χ2v) is 5.40. The lowest BCUT2D eigenvalue weighted by Gasteiger charge is -2.37. The maximum Gasteiger partial charge on any atom is 0.191 e. The molecule has 0 aromatic carbocycles. The number of halogens is 1. The molecular formula is C13H26IN3O. The number of hydrogen-bond acceptors (Lipinski definition) is 4. The van der Waals surface area contributed by atoms with Crippen molar-refractivity contribution in [1.29, 1.82) is 0 Å². The molecule has 1 heterocycles. The van der Waals surface area contributed by atoms with Crippen LogP contribution < -0.4 is 10.6 Å². The minimum atomic E-state index is 0. The fourth-order valence-electron chi connectivity index (χ4n) is 2.98. The molecule has 1 aliphatic carbocycles. The summed E-state index contributed by atoms with van der Waals surface area (Å²) >= 11 is 0. The van der Waals surface area contributed by atoms with Crippen LogP contribution in [0, 0.1) is 5.41 Å². The summed E-state index contributed by atoms with van der Waals surface area (Å²) < 4.78 is 0. The van der Waals surface area contributed by atoms with Gasteiger partial charge in [-0.3, -0.25) is 4.99 Å². The predicted molar refractivity (Wildman–Crippen MR) is 85.6 cm³/mol. The standard InChI is InChI=1S/C13H25N3O.HI/c17-10-7-13(5-2-1-3-6-13)11-16-12-14-8-4-9-15-12;/h17H,1-11H2,(H2,14,15,16);1H. The summed E-state index contributed by atoms with van der Waals surface area (Å²) in [6.45, 7) is 3.22. The van der Waals surface area contributed by atoms with Crippen LogP contribution in [-0.4, -0.2) is 37.3 Å². The Hall–Kier alpha value is -0.0400. The summed E-state index contributed by atoms with van der Waals surface area (Å²) in [6, 6.07) is 0. The number of nitrogens with one attached hydrogen (secondary N) is 2. The molecule has 1 fully saturated rings. The first-order chi connectivity index (χ1) is 8.35. The van der Waals surface area contributed by atoms with Crippen LogP contribution >= 0.6 is 24.0 Å². The Morgan fingerprint density at radius 3 is 2.61 bits per heavy atom. The van der Waals surface area contributed by atoms with Crippen molar-refractivity contribution in [2.24, 2.45) is 10.4 Å². The van der Waals surface area contributed by atoms with Crippen molar-refractivity contribution in [2.45, 2.75) is 44.9 Å². The molecule has 0 radical (unpaired) electrons. The first kappa shape index (κ1) is 16.0. The molecule has 1 saturated carbocycles. The molecule has 106 valence electrons. The van der Waals surface area contributed by atoms with Crippen LogP contribution in [0.3, 0.4) is 0 Å². The van der Waals surface area contributed by atoms with E-state index >= 15 is 0 Å². The van der Waals surface area contributed by atoms with E-state index < -0.39 is 0 Å². The van der Waals surface area contributed by atoms with Gasteiger partial charge in [0.25, 0.3) is 0 Å². The van der Waals surface area contributed by atoms with Crippen molar-refractivity contribution in [2.75, 3.05) is 26.2 Å². The van der Waals surface area contributed by atoms with Gasteiger partial charge in [-0.05, 0) is 31.1 Å². The van der Waals surface area contributed by atoms with Gasteiger partial charge in [0.1, 0.15) is 0 Å². The Bertz CT molecular complexity index is 259. The van der Waals surface area contributed by atoms with Gasteiger partial charge < -0.3 is 15.7 Å². The monoisotopic (exact) mass is 367 g/mol. The van der Waals surface area contributed by atoms with Crippen LogP contribution in [0.5, 0.6) is 0 Å². The number of aliphatic imine (C=N–C) groups is 1. The molecule has 18 heavy (non-hydrogen) atoms. The molecule has 0 unspecified atom stereocenters. The number of rotatable bonds is 4. The van der Waals surface area contributed by atoms with Crippen molar-refractivity contribution < 1.29 is 5.11 Å². The highest BCUT2D eigenvalue weighted by atomic mass is 127. The Labute approximate surface area is 127 Å². The summed E-state index contributed by atoms with van der Waals surface area (Å²) in [5, 5.41) is 16.0. The zero-order valence-electron chi connectivity index (χ0n) is 11.1. The molecule has 2 aliphatic rings. The highest BCUT2D eigenvalue weighted by molar-refractivity contribution is 14.0. The maximum atomic E-state index is 9.25. The molecular weight excluding hydrogens is 341 g/mol. The molecule has 2 rings (SSSR count). The van der Waals surface area contributed by atoms with Crippen LogP contribution in [0.2, 0.25) is 0 Å². The topological polar surface area (TPSA) is 56.6 Å². The third-order valence-corrected chi connectivity index (χ3v) is 4.08. The van der Waals surface area contributed by atoms with Gasteiger partial charge in [0, 0.05) is 26.2 Å². The average molecular weight is 367 g/mol. The van der Waals surface area contributed by atoms with Gasteiger partial charge in [0.15, 0.2) is 5.96 Å². The molecule has 0 bridgehead atoms.